The van der Waals surface area contributed by atoms with E-state index in [1.807, 2.05) is 0 Å². The molecular weight excluding hydrogens is 312 g/mol. The largest absolute Gasteiger partial charge is 0.496 e. The molecule has 0 heterocycles. The highest BCUT2D eigenvalue weighted by atomic mass is 16.5. The Morgan fingerprint density at radius 2 is 2.00 bits per heavy atom. The lowest BCUT2D eigenvalue weighted by molar-refractivity contribution is -0.137. The second-order valence-electron chi connectivity index (χ2n) is 8.00. The van der Waals surface area contributed by atoms with Gasteiger partial charge in [-0.1, -0.05) is 45.9 Å². The Kier molecular flexibility index (Phi) is 6.31. The molecule has 25 heavy (non-hydrogen) atoms. The molecule has 1 aromatic rings. The Balaban J connectivity index is 2.20. The summed E-state index contributed by atoms with van der Waals surface area (Å²) in [7, 11) is 3.19. The van der Waals surface area contributed by atoms with Crippen LogP contribution in [-0.4, -0.2) is 20.2 Å². The molecule has 138 valence electrons. The van der Waals surface area contributed by atoms with E-state index in [0.717, 1.165) is 37.0 Å². The Hall–Kier alpha value is -1.77. The van der Waals surface area contributed by atoms with E-state index < -0.39 is 0 Å². The number of benzene rings is 1. The number of rotatable bonds is 6. The van der Waals surface area contributed by atoms with E-state index in [4.69, 9.17) is 9.47 Å². The predicted molar refractivity (Wildman–Crippen MR) is 102 cm³/mol. The van der Waals surface area contributed by atoms with Crippen LogP contribution in [0.2, 0.25) is 0 Å². The van der Waals surface area contributed by atoms with Gasteiger partial charge in [-0.2, -0.15) is 0 Å². The lowest BCUT2D eigenvalue weighted by Crippen LogP contribution is -2.32. The van der Waals surface area contributed by atoms with Crippen LogP contribution in [0.4, 0.5) is 0 Å². The van der Waals surface area contributed by atoms with Crippen LogP contribution < -0.4 is 4.74 Å². The third-order valence-electron chi connectivity index (χ3n) is 5.53. The number of esters is 1. The van der Waals surface area contributed by atoms with Crippen LogP contribution in [0.25, 0.3) is 0 Å². The number of hydrogen-bond donors (Lipinski definition) is 0. The molecule has 0 spiro atoms. The topological polar surface area (TPSA) is 35.5 Å². The van der Waals surface area contributed by atoms with Crippen molar-refractivity contribution in [2.45, 2.75) is 59.3 Å². The second-order valence-corrected chi connectivity index (χ2v) is 8.00. The van der Waals surface area contributed by atoms with Gasteiger partial charge in [0.15, 0.2) is 0 Å². The Labute approximate surface area is 152 Å². The van der Waals surface area contributed by atoms with Gasteiger partial charge in [0.05, 0.1) is 14.2 Å². The van der Waals surface area contributed by atoms with Crippen LogP contribution in [0.1, 0.15) is 64.0 Å². The van der Waals surface area contributed by atoms with E-state index in [2.05, 4.69) is 52.0 Å². The van der Waals surface area contributed by atoms with Crippen LogP contribution in [0, 0.1) is 11.3 Å². The molecule has 0 aliphatic heterocycles. The van der Waals surface area contributed by atoms with Crippen molar-refractivity contribution >= 4 is 5.97 Å². The maximum absolute atomic E-state index is 12.2. The highest BCUT2D eigenvalue weighted by molar-refractivity contribution is 5.89. The molecule has 2 rings (SSSR count). The Morgan fingerprint density at radius 1 is 1.28 bits per heavy atom. The number of aryl methyl sites for hydroxylation is 1. The molecule has 0 amide bonds. The standard InChI is InChI=1S/C22H32O3/c1-15(2)18-14-16(10-12-20(18)24-5)9-11-19-17(21(23)25-6)8-7-13-22(19,3)4/h8,10,12,14-15,19H,7,9,11,13H2,1-6H3/t19-/m1/s1. The molecule has 3 nitrogen and oxygen atoms in total. The lowest BCUT2D eigenvalue weighted by atomic mass is 9.66. The first-order valence-electron chi connectivity index (χ1n) is 9.25. The van der Waals surface area contributed by atoms with Crippen molar-refractivity contribution in [2.75, 3.05) is 14.2 Å². The van der Waals surface area contributed by atoms with Gasteiger partial charge in [0.25, 0.3) is 0 Å². The molecule has 0 bridgehead atoms. The van der Waals surface area contributed by atoms with Crippen molar-refractivity contribution in [2.24, 2.45) is 11.3 Å². The van der Waals surface area contributed by atoms with Crippen molar-refractivity contribution < 1.29 is 14.3 Å². The normalized spacial score (nSPS) is 19.5. The van der Waals surface area contributed by atoms with E-state index in [0.29, 0.717) is 5.92 Å². The van der Waals surface area contributed by atoms with Crippen molar-refractivity contribution in [1.29, 1.82) is 0 Å². The number of allylic oxidation sites excluding steroid dienone is 1. The fourth-order valence-electron chi connectivity index (χ4n) is 3.93. The van der Waals surface area contributed by atoms with Gasteiger partial charge in [0, 0.05) is 5.57 Å². The third-order valence-corrected chi connectivity index (χ3v) is 5.53. The van der Waals surface area contributed by atoms with Crippen molar-refractivity contribution in [3.05, 3.63) is 41.0 Å². The minimum Gasteiger partial charge on any atom is -0.496 e. The van der Waals surface area contributed by atoms with Crippen molar-refractivity contribution in [1.82, 2.24) is 0 Å². The molecule has 1 aliphatic rings. The summed E-state index contributed by atoms with van der Waals surface area (Å²) >= 11 is 0. The van der Waals surface area contributed by atoms with Crippen LogP contribution in [0.3, 0.4) is 0 Å². The zero-order chi connectivity index (χ0) is 18.6. The summed E-state index contributed by atoms with van der Waals surface area (Å²) < 4.78 is 10.5. The summed E-state index contributed by atoms with van der Waals surface area (Å²) in [6, 6.07) is 6.46. The van der Waals surface area contributed by atoms with Gasteiger partial charge in [-0.15, -0.1) is 0 Å². The van der Waals surface area contributed by atoms with Gasteiger partial charge in [-0.3, -0.25) is 0 Å². The number of methoxy groups -OCH3 is 2. The summed E-state index contributed by atoms with van der Waals surface area (Å²) in [5.74, 6) is 1.44. The molecule has 1 aromatic carbocycles. The average molecular weight is 344 g/mol. The smallest absolute Gasteiger partial charge is 0.333 e. The fraction of sp³-hybridized carbons (Fsp3) is 0.591. The van der Waals surface area contributed by atoms with Crippen LogP contribution in [0.5, 0.6) is 5.75 Å². The van der Waals surface area contributed by atoms with Gasteiger partial charge >= 0.3 is 5.97 Å². The number of carbonyl (C=O) groups is 1. The number of hydrogen-bond acceptors (Lipinski definition) is 3. The zero-order valence-electron chi connectivity index (χ0n) is 16.5. The maximum Gasteiger partial charge on any atom is 0.333 e. The molecular formula is C22H32O3. The summed E-state index contributed by atoms with van der Waals surface area (Å²) in [6.45, 7) is 8.90. The lowest BCUT2D eigenvalue weighted by Gasteiger charge is -2.38. The SMILES string of the molecule is COC(=O)C1=CCCC(C)(C)[C@@H]1CCc1ccc(OC)c(C(C)C)c1. The molecule has 1 aliphatic carbocycles. The molecule has 3 heteroatoms. The number of ether oxygens (including phenoxy) is 2. The average Bonchev–Trinajstić information content (AvgIpc) is 2.58. The molecule has 0 unspecified atom stereocenters. The highest BCUT2D eigenvalue weighted by Crippen LogP contribution is 2.44. The van der Waals surface area contributed by atoms with E-state index in [1.165, 1.54) is 18.2 Å². The van der Waals surface area contributed by atoms with Crippen LogP contribution in [-0.2, 0) is 16.0 Å². The maximum atomic E-state index is 12.2. The monoisotopic (exact) mass is 344 g/mol. The minimum absolute atomic E-state index is 0.117. The molecule has 0 saturated heterocycles. The van der Waals surface area contributed by atoms with Gasteiger partial charge < -0.3 is 9.47 Å². The molecule has 0 radical (unpaired) electrons. The molecule has 0 saturated carbocycles. The molecule has 0 aromatic heterocycles. The molecule has 0 N–H and O–H groups in total. The second kappa shape index (κ2) is 8.07. The quantitative estimate of drug-likeness (QED) is 0.658. The van der Waals surface area contributed by atoms with Gasteiger partial charge in [0.1, 0.15) is 5.75 Å². The molecule has 1 atom stereocenters. The first-order chi connectivity index (χ1) is 11.8. The summed E-state index contributed by atoms with van der Waals surface area (Å²) in [5.41, 5.74) is 3.52. The van der Waals surface area contributed by atoms with Gasteiger partial charge in [0.2, 0.25) is 0 Å². The van der Waals surface area contributed by atoms with Crippen LogP contribution in [0.15, 0.2) is 29.8 Å². The highest BCUT2D eigenvalue weighted by Gasteiger charge is 2.37. The van der Waals surface area contributed by atoms with Gasteiger partial charge in [-0.25, -0.2) is 4.79 Å². The van der Waals surface area contributed by atoms with Crippen LogP contribution >= 0.6 is 0 Å². The fourth-order valence-corrected chi connectivity index (χ4v) is 3.93. The Morgan fingerprint density at radius 3 is 2.60 bits per heavy atom. The predicted octanol–water partition coefficient (Wildman–Crippen LogP) is 5.29. The van der Waals surface area contributed by atoms with E-state index in [1.54, 1.807) is 7.11 Å². The minimum atomic E-state index is -0.171. The van der Waals surface area contributed by atoms with Gasteiger partial charge in [-0.05, 0) is 60.1 Å². The first-order valence-corrected chi connectivity index (χ1v) is 9.25. The van der Waals surface area contributed by atoms with Crippen molar-refractivity contribution in [3.8, 4) is 5.75 Å². The summed E-state index contributed by atoms with van der Waals surface area (Å²) in [6.07, 6.45) is 6.05. The van der Waals surface area contributed by atoms with E-state index in [-0.39, 0.29) is 17.3 Å². The zero-order valence-corrected chi connectivity index (χ0v) is 16.5. The van der Waals surface area contributed by atoms with Crippen molar-refractivity contribution in [3.63, 3.8) is 0 Å². The summed E-state index contributed by atoms with van der Waals surface area (Å²) in [4.78, 5) is 12.2. The van der Waals surface area contributed by atoms with E-state index >= 15 is 0 Å². The Bertz CT molecular complexity index is 641. The van der Waals surface area contributed by atoms with E-state index in [9.17, 15) is 4.79 Å². The first kappa shape index (κ1) is 19.6. The summed E-state index contributed by atoms with van der Waals surface area (Å²) in [5, 5.41) is 0. The molecule has 0 fully saturated rings. The third kappa shape index (κ3) is 4.45. The number of carbonyl (C=O) groups excluding carboxylic acids is 1.